The van der Waals surface area contributed by atoms with Crippen LogP contribution in [0.1, 0.15) is 0 Å². The summed E-state index contributed by atoms with van der Waals surface area (Å²) < 4.78 is 5.38. The van der Waals surface area contributed by atoms with Crippen LogP contribution in [-0.2, 0) is 0 Å². The van der Waals surface area contributed by atoms with Crippen LogP contribution >= 0.6 is 0 Å². The molecule has 102 valence electrons. The van der Waals surface area contributed by atoms with Gasteiger partial charge in [-0.3, -0.25) is 0 Å². The van der Waals surface area contributed by atoms with Crippen LogP contribution in [0.15, 0.2) is 18.2 Å². The second-order valence-electron chi connectivity index (χ2n) is 8.51. The standard InChI is InChI=1S/C6H3.9CH3.3Sn/c1-2-4-6-5-3-1;;;;;;;;;;;;/h1-2,5H;9*1H3;;;. The normalized spacial score (nSPS) is 13.8. The second kappa shape index (κ2) is 5.78. The number of hydrogen-bond acceptors (Lipinski definition) is 0. The monoisotopic (exact) mass is 570 g/mol. The molecule has 0 saturated carbocycles. The first-order valence-corrected chi connectivity index (χ1v) is 37.0. The third-order valence-corrected chi connectivity index (χ3v) is 23.0. The molecule has 1 aromatic rings. The summed E-state index contributed by atoms with van der Waals surface area (Å²) in [5, 5.41) is 0. The van der Waals surface area contributed by atoms with E-state index < -0.39 is 55.1 Å². The Hall–Kier alpha value is 1.62. The van der Waals surface area contributed by atoms with Crippen molar-refractivity contribution in [2.75, 3.05) is 0 Å². The molecule has 0 saturated heterocycles. The molecule has 0 fully saturated rings. The quantitative estimate of drug-likeness (QED) is 0.493. The van der Waals surface area contributed by atoms with Gasteiger partial charge in [-0.25, -0.2) is 0 Å². The zero-order chi connectivity index (χ0) is 14.4. The Morgan fingerprint density at radius 1 is 0.556 bits per heavy atom. The average molecular weight is 567 g/mol. The molecule has 0 unspecified atom stereocenters. The van der Waals surface area contributed by atoms with Crippen molar-refractivity contribution in [2.24, 2.45) is 0 Å². The molecule has 0 N–H and O–H groups in total. The number of benzene rings is 1. The molecule has 0 aliphatic carbocycles. The topological polar surface area (TPSA) is 0 Å². The molecule has 1 aromatic carbocycles. The molecule has 0 atom stereocenters. The summed E-state index contributed by atoms with van der Waals surface area (Å²) in [6.45, 7) is 0. The van der Waals surface area contributed by atoms with Crippen molar-refractivity contribution in [1.82, 2.24) is 0 Å². The molecule has 1 rings (SSSR count). The van der Waals surface area contributed by atoms with Crippen molar-refractivity contribution >= 4 is 65.9 Å². The molecule has 3 heteroatoms. The molecule has 0 aliphatic rings. The van der Waals surface area contributed by atoms with Crippen LogP contribution in [0.4, 0.5) is 0 Å². The molecule has 0 amide bonds. The van der Waals surface area contributed by atoms with E-state index in [4.69, 9.17) is 0 Å². The van der Waals surface area contributed by atoms with Gasteiger partial charge in [0.25, 0.3) is 0 Å². The van der Waals surface area contributed by atoms with Crippen LogP contribution in [0.3, 0.4) is 0 Å². The summed E-state index contributed by atoms with van der Waals surface area (Å²) in [4.78, 5) is 23.0. The molecule has 0 spiro atoms. The first-order valence-electron chi connectivity index (χ1n) is 6.99. The third kappa shape index (κ3) is 4.57. The van der Waals surface area contributed by atoms with E-state index in [0.717, 1.165) is 0 Å². The molecule has 0 aliphatic heterocycles. The Morgan fingerprint density at radius 3 is 1.33 bits per heavy atom. The van der Waals surface area contributed by atoms with Crippen molar-refractivity contribution in [1.29, 1.82) is 0 Å². The van der Waals surface area contributed by atoms with E-state index >= 15 is 0 Å². The van der Waals surface area contributed by atoms with Gasteiger partial charge in [-0.1, -0.05) is 0 Å². The van der Waals surface area contributed by atoms with Crippen LogP contribution in [-0.4, -0.2) is 55.1 Å². The first-order chi connectivity index (χ1) is 7.83. The van der Waals surface area contributed by atoms with Gasteiger partial charge in [-0.2, -0.15) is 0 Å². The van der Waals surface area contributed by atoms with Crippen molar-refractivity contribution in [3.8, 4) is 0 Å². The van der Waals surface area contributed by atoms with Gasteiger partial charge < -0.3 is 0 Å². The summed E-state index contributed by atoms with van der Waals surface area (Å²) in [5.41, 5.74) is 0. The second-order valence-corrected chi connectivity index (χ2v) is 51.8. The Balaban J connectivity index is 3.50. The van der Waals surface area contributed by atoms with Crippen LogP contribution in [0.2, 0.25) is 44.5 Å². The molecule has 0 nitrogen and oxygen atoms in total. The Labute approximate surface area is 127 Å². The van der Waals surface area contributed by atoms with Gasteiger partial charge in [0.2, 0.25) is 0 Å². The van der Waals surface area contributed by atoms with E-state index in [1.165, 1.54) is 0 Å². The van der Waals surface area contributed by atoms with Gasteiger partial charge in [0, 0.05) is 0 Å². The van der Waals surface area contributed by atoms with Crippen LogP contribution in [0.5, 0.6) is 0 Å². The van der Waals surface area contributed by atoms with Crippen molar-refractivity contribution < 1.29 is 0 Å². The Morgan fingerprint density at radius 2 is 1.00 bits per heavy atom. The van der Waals surface area contributed by atoms with E-state index in [1.54, 1.807) is 3.58 Å². The molecule has 0 heterocycles. The summed E-state index contributed by atoms with van der Waals surface area (Å²) >= 11 is -5.84. The Kier molecular flexibility index (Phi) is 5.67. The van der Waals surface area contributed by atoms with Gasteiger partial charge in [0.05, 0.1) is 0 Å². The molecular weight excluding hydrogens is 536 g/mol. The summed E-state index contributed by atoms with van der Waals surface area (Å²) in [5.74, 6) is 0. The zero-order valence-corrected chi connectivity index (χ0v) is 22.3. The third-order valence-electron chi connectivity index (χ3n) is 3.50. The summed E-state index contributed by atoms with van der Waals surface area (Å²) in [6, 6.07) is 7.67. The summed E-state index contributed by atoms with van der Waals surface area (Å²) in [6.07, 6.45) is 0. The van der Waals surface area contributed by atoms with E-state index in [2.05, 4.69) is 62.7 Å². The van der Waals surface area contributed by atoms with Crippen molar-refractivity contribution in [2.45, 2.75) is 44.5 Å². The molecular formula is C15H30Sn3. The zero-order valence-electron chi connectivity index (χ0n) is 13.7. The minimum atomic E-state index is -1.98. The van der Waals surface area contributed by atoms with Gasteiger partial charge in [-0.15, -0.1) is 0 Å². The minimum absolute atomic E-state index is 1.73. The number of rotatable bonds is 3. The summed E-state index contributed by atoms with van der Waals surface area (Å²) in [7, 11) is 0. The molecule has 0 radical (unpaired) electrons. The van der Waals surface area contributed by atoms with Gasteiger partial charge in [-0.05, 0) is 0 Å². The van der Waals surface area contributed by atoms with Crippen LogP contribution < -0.4 is 10.7 Å². The molecule has 0 bridgehead atoms. The maximum absolute atomic E-state index is 2.66. The fourth-order valence-corrected chi connectivity index (χ4v) is 29.5. The van der Waals surface area contributed by atoms with E-state index in [9.17, 15) is 0 Å². The van der Waals surface area contributed by atoms with Gasteiger partial charge in [0.15, 0.2) is 0 Å². The van der Waals surface area contributed by atoms with Gasteiger partial charge >= 0.3 is 129 Å². The van der Waals surface area contributed by atoms with Crippen molar-refractivity contribution in [3.05, 3.63) is 18.2 Å². The SMILES string of the molecule is [CH3][Sn]([CH3])([CH3])[c]1cc[c]([Sn]([CH3])([CH3])[CH3])[c]([Sn]([CH3])([CH3])[CH3])c1. The van der Waals surface area contributed by atoms with Crippen molar-refractivity contribution in [3.63, 3.8) is 0 Å². The fourth-order valence-electron chi connectivity index (χ4n) is 2.29. The van der Waals surface area contributed by atoms with E-state index in [0.29, 0.717) is 0 Å². The van der Waals surface area contributed by atoms with E-state index in [1.807, 2.05) is 7.16 Å². The van der Waals surface area contributed by atoms with Gasteiger partial charge in [0.1, 0.15) is 0 Å². The van der Waals surface area contributed by atoms with Crippen LogP contribution in [0.25, 0.3) is 0 Å². The average Bonchev–Trinajstić information content (AvgIpc) is 2.12. The molecule has 18 heavy (non-hydrogen) atoms. The number of hydrogen-bond donors (Lipinski definition) is 0. The Bertz CT molecular complexity index is 429. The first kappa shape index (κ1) is 17.7. The predicted octanol–water partition coefficient (Wildman–Crippen LogP) is 3.32. The van der Waals surface area contributed by atoms with E-state index in [-0.39, 0.29) is 0 Å². The maximum atomic E-state index is 2.66. The predicted molar refractivity (Wildman–Crippen MR) is 95.4 cm³/mol. The van der Waals surface area contributed by atoms with Crippen LogP contribution in [0, 0.1) is 0 Å². The molecule has 0 aromatic heterocycles. The fraction of sp³-hybridized carbons (Fsp3) is 0.600.